The van der Waals surface area contributed by atoms with E-state index in [1.54, 1.807) is 0 Å². The van der Waals surface area contributed by atoms with Crippen LogP contribution in [0.3, 0.4) is 0 Å². The average Bonchev–Trinajstić information content (AvgIpc) is 2.52. The Morgan fingerprint density at radius 2 is 1.22 bits per heavy atom. The normalized spacial score (nSPS) is 11.6. The number of halogens is 2. The predicted molar refractivity (Wildman–Crippen MR) is 85.7 cm³/mol. The van der Waals surface area contributed by atoms with Crippen molar-refractivity contribution in [2.24, 2.45) is 9.98 Å². The van der Waals surface area contributed by atoms with Gasteiger partial charge in [-0.3, -0.25) is 9.98 Å². The van der Waals surface area contributed by atoms with Gasteiger partial charge in [0.15, 0.2) is 0 Å². The molecule has 2 N–H and O–H groups in total. The van der Waals surface area contributed by atoms with E-state index >= 15 is 0 Å². The van der Waals surface area contributed by atoms with Crippen molar-refractivity contribution in [1.82, 2.24) is 0 Å². The van der Waals surface area contributed by atoms with Crippen LogP contribution < -0.4 is 0 Å². The van der Waals surface area contributed by atoms with Crippen LogP contribution in [0.25, 0.3) is 0 Å². The molecule has 0 saturated carbocycles. The van der Waals surface area contributed by atoms with E-state index in [0.29, 0.717) is 30.6 Å². The minimum atomic E-state index is -0.441. The number of hydrogen-bond acceptors (Lipinski definition) is 4. The molecule has 0 atom stereocenters. The van der Waals surface area contributed by atoms with Crippen molar-refractivity contribution in [2.45, 2.75) is 6.42 Å². The summed E-state index contributed by atoms with van der Waals surface area (Å²) in [5.41, 5.74) is 0.636. The second-order valence-electron chi connectivity index (χ2n) is 4.83. The summed E-state index contributed by atoms with van der Waals surface area (Å²) in [7, 11) is 0. The number of aliphatic imine (C=N–C) groups is 2. The molecule has 0 aromatic heterocycles. The van der Waals surface area contributed by atoms with Gasteiger partial charge >= 0.3 is 0 Å². The van der Waals surface area contributed by atoms with Gasteiger partial charge in [0.25, 0.3) is 0 Å². The van der Waals surface area contributed by atoms with Crippen molar-refractivity contribution in [2.75, 3.05) is 13.1 Å². The molecule has 4 nitrogen and oxygen atoms in total. The number of phenols is 2. The van der Waals surface area contributed by atoms with Crippen LogP contribution in [0, 0.1) is 11.6 Å². The number of rotatable bonds is 6. The fourth-order valence-electron chi connectivity index (χ4n) is 1.84. The maximum absolute atomic E-state index is 13.0. The van der Waals surface area contributed by atoms with Gasteiger partial charge in [-0.1, -0.05) is 0 Å². The van der Waals surface area contributed by atoms with Crippen LogP contribution in [0.1, 0.15) is 17.5 Å². The van der Waals surface area contributed by atoms with Gasteiger partial charge in [0.05, 0.1) is 0 Å². The first kappa shape index (κ1) is 16.6. The number of aromatic hydroxyl groups is 2. The maximum Gasteiger partial charge on any atom is 0.124 e. The van der Waals surface area contributed by atoms with Crippen LogP contribution >= 0.6 is 0 Å². The van der Waals surface area contributed by atoms with Crippen molar-refractivity contribution >= 4 is 12.4 Å². The summed E-state index contributed by atoms with van der Waals surface area (Å²) >= 11 is 0. The Morgan fingerprint density at radius 3 is 1.65 bits per heavy atom. The summed E-state index contributed by atoms with van der Waals surface area (Å²) in [4.78, 5) is 8.17. The van der Waals surface area contributed by atoms with Gasteiger partial charge in [0.2, 0.25) is 0 Å². The summed E-state index contributed by atoms with van der Waals surface area (Å²) in [5, 5.41) is 19.0. The fraction of sp³-hybridized carbons (Fsp3) is 0.176. The van der Waals surface area contributed by atoms with Gasteiger partial charge < -0.3 is 10.2 Å². The summed E-state index contributed by atoms with van der Waals surface area (Å²) in [5.74, 6) is -0.947. The lowest BCUT2D eigenvalue weighted by Gasteiger charge is -1.99. The lowest BCUT2D eigenvalue weighted by Crippen LogP contribution is -1.91. The average molecular weight is 318 g/mol. The van der Waals surface area contributed by atoms with E-state index in [0.717, 1.165) is 0 Å². The minimum Gasteiger partial charge on any atom is -0.507 e. The number of benzene rings is 2. The summed E-state index contributed by atoms with van der Waals surface area (Å²) in [6, 6.07) is 7.28. The monoisotopic (exact) mass is 318 g/mol. The van der Waals surface area contributed by atoms with E-state index in [1.165, 1.54) is 48.8 Å². The third-order valence-corrected chi connectivity index (χ3v) is 3.01. The van der Waals surface area contributed by atoms with Crippen molar-refractivity contribution in [1.29, 1.82) is 0 Å². The first-order valence-corrected chi connectivity index (χ1v) is 7.03. The zero-order valence-corrected chi connectivity index (χ0v) is 12.3. The van der Waals surface area contributed by atoms with E-state index in [9.17, 15) is 19.0 Å². The van der Waals surface area contributed by atoms with Crippen LogP contribution in [0.15, 0.2) is 46.4 Å². The molecule has 2 aromatic carbocycles. The van der Waals surface area contributed by atoms with Gasteiger partial charge in [0, 0.05) is 36.6 Å². The molecule has 2 rings (SSSR count). The van der Waals surface area contributed by atoms with Gasteiger partial charge in [0.1, 0.15) is 23.1 Å². The molecule has 6 heteroatoms. The highest BCUT2D eigenvalue weighted by Gasteiger charge is 2.00. The maximum atomic E-state index is 13.0. The number of nitrogens with zero attached hydrogens (tertiary/aromatic N) is 2. The van der Waals surface area contributed by atoms with E-state index in [-0.39, 0.29) is 11.5 Å². The molecule has 0 unspecified atom stereocenters. The van der Waals surface area contributed by atoms with Gasteiger partial charge in [-0.05, 0) is 42.8 Å². The first-order chi connectivity index (χ1) is 11.1. The topological polar surface area (TPSA) is 65.2 Å². The lowest BCUT2D eigenvalue weighted by atomic mass is 10.2. The molecular weight excluding hydrogens is 302 g/mol. The highest BCUT2D eigenvalue weighted by molar-refractivity contribution is 5.83. The molecule has 2 aromatic rings. The van der Waals surface area contributed by atoms with Crippen LogP contribution in [0.4, 0.5) is 8.78 Å². The molecule has 0 radical (unpaired) electrons. The molecule has 0 saturated heterocycles. The third-order valence-electron chi connectivity index (χ3n) is 3.01. The predicted octanol–water partition coefficient (Wildman–Crippen LogP) is 3.30. The smallest absolute Gasteiger partial charge is 0.124 e. The number of phenolic OH excluding ortho intramolecular Hbond substituents is 2. The molecule has 0 amide bonds. The Balaban J connectivity index is 1.79. The molecule has 0 fully saturated rings. The van der Waals surface area contributed by atoms with E-state index in [1.807, 2.05) is 0 Å². The second-order valence-corrected chi connectivity index (χ2v) is 4.83. The molecular formula is C17H16F2N2O2. The van der Waals surface area contributed by atoms with E-state index in [4.69, 9.17) is 0 Å². The number of hydrogen-bond donors (Lipinski definition) is 2. The molecule has 0 aliphatic carbocycles. The lowest BCUT2D eigenvalue weighted by molar-refractivity contribution is 0.471. The van der Waals surface area contributed by atoms with Crippen molar-refractivity contribution in [3.05, 3.63) is 59.2 Å². The highest BCUT2D eigenvalue weighted by atomic mass is 19.1. The standard InChI is InChI=1S/C17H16F2N2O2/c18-14-2-4-16(22)12(8-14)10-20-6-1-7-21-11-13-9-15(19)3-5-17(13)23/h2-5,8-11,22-23H,1,6-7H2/b20-10+,21-11+. The van der Waals surface area contributed by atoms with Crippen molar-refractivity contribution in [3.8, 4) is 11.5 Å². The third kappa shape index (κ3) is 5.18. The Morgan fingerprint density at radius 1 is 0.783 bits per heavy atom. The molecule has 0 spiro atoms. The Labute approximate surface area is 132 Å². The molecule has 23 heavy (non-hydrogen) atoms. The fourth-order valence-corrected chi connectivity index (χ4v) is 1.84. The highest BCUT2D eigenvalue weighted by Crippen LogP contribution is 2.16. The van der Waals surface area contributed by atoms with Gasteiger partial charge in [-0.25, -0.2) is 8.78 Å². The molecule has 0 heterocycles. The van der Waals surface area contributed by atoms with Gasteiger partial charge in [-0.15, -0.1) is 0 Å². The van der Waals surface area contributed by atoms with Crippen molar-refractivity contribution < 1.29 is 19.0 Å². The minimum absolute atomic E-state index is 0.0326. The molecule has 0 bridgehead atoms. The SMILES string of the molecule is Oc1ccc(F)cc1/C=N/CCC/N=C/c1cc(F)ccc1O. The largest absolute Gasteiger partial charge is 0.507 e. The van der Waals surface area contributed by atoms with Crippen LogP contribution in [0.5, 0.6) is 11.5 Å². The van der Waals surface area contributed by atoms with Gasteiger partial charge in [-0.2, -0.15) is 0 Å². The quantitative estimate of drug-likeness (QED) is 0.634. The Bertz CT molecular complexity index is 669. The summed E-state index contributed by atoms with van der Waals surface area (Å²) in [6.07, 6.45) is 3.43. The first-order valence-electron chi connectivity index (χ1n) is 7.03. The van der Waals surface area contributed by atoms with Crippen molar-refractivity contribution in [3.63, 3.8) is 0 Å². The second kappa shape index (κ2) is 8.03. The van der Waals surface area contributed by atoms with E-state index in [2.05, 4.69) is 9.98 Å². The zero-order valence-electron chi connectivity index (χ0n) is 12.3. The Kier molecular flexibility index (Phi) is 5.80. The summed E-state index contributed by atoms with van der Waals surface area (Å²) < 4.78 is 26.0. The Hall–Kier alpha value is -2.76. The van der Waals surface area contributed by atoms with Crippen LogP contribution in [-0.4, -0.2) is 35.7 Å². The zero-order chi connectivity index (χ0) is 16.7. The summed E-state index contributed by atoms with van der Waals surface area (Å²) in [6.45, 7) is 0.894. The van der Waals surface area contributed by atoms with Crippen LogP contribution in [-0.2, 0) is 0 Å². The van der Waals surface area contributed by atoms with Crippen LogP contribution in [0.2, 0.25) is 0 Å². The van der Waals surface area contributed by atoms with E-state index < -0.39 is 11.6 Å². The molecule has 120 valence electrons. The molecule has 0 aliphatic rings. The molecule has 0 aliphatic heterocycles.